The third-order valence-electron chi connectivity index (χ3n) is 14.0. The Bertz CT molecular complexity index is 1880. The van der Waals surface area contributed by atoms with Gasteiger partial charge in [-0.3, -0.25) is 0 Å². The Kier molecular flexibility index (Phi) is 36.7. The second-order valence-corrected chi connectivity index (χ2v) is 33.7. The van der Waals surface area contributed by atoms with Crippen LogP contribution in [0.25, 0.3) is 0 Å². The monoisotopic (exact) mass is 1080 g/mol. The number of hydrogen-bond donors (Lipinski definition) is 0. The molecule has 4 aromatic carbocycles. The van der Waals surface area contributed by atoms with Gasteiger partial charge in [0.15, 0.2) is 0 Å². The van der Waals surface area contributed by atoms with Crippen LogP contribution < -0.4 is 26.1 Å². The fourth-order valence-corrected chi connectivity index (χ4v) is 25.1. The molecule has 0 aliphatic heterocycles. The summed E-state index contributed by atoms with van der Waals surface area (Å²) in [6, 6.07) is 36.1. The summed E-state index contributed by atoms with van der Waals surface area (Å²) >= 11 is 0. The van der Waals surface area contributed by atoms with E-state index in [1.54, 1.807) is 15.9 Å². The van der Waals surface area contributed by atoms with Crippen molar-refractivity contribution in [2.75, 3.05) is 55.5 Å². The zero-order chi connectivity index (χ0) is 54.4. The highest BCUT2D eigenvalue weighted by molar-refractivity contribution is 7.85. The van der Waals surface area contributed by atoms with E-state index in [1.807, 2.05) is 0 Å². The van der Waals surface area contributed by atoms with Gasteiger partial charge in [0.2, 0.25) is 0 Å². The fraction of sp³-hybridized carbons (Fsp3) is 0.581. The number of benzene rings is 4. The van der Waals surface area contributed by atoms with E-state index in [0.29, 0.717) is 18.2 Å². The predicted octanol–water partition coefficient (Wildman–Crippen LogP) is 14.5. The normalized spacial score (nSPS) is 11.6. The van der Waals surface area contributed by atoms with Crippen LogP contribution in [0.1, 0.15) is 199 Å². The lowest BCUT2D eigenvalue weighted by atomic mass is 10.1. The van der Waals surface area contributed by atoms with Crippen molar-refractivity contribution in [3.8, 4) is 0 Å². The summed E-state index contributed by atoms with van der Waals surface area (Å²) in [5, 5.41) is 26.0. The maximum atomic E-state index is 10.6. The van der Waals surface area contributed by atoms with E-state index in [-0.39, 0.29) is 0 Å². The molecule has 0 heterocycles. The van der Waals surface area contributed by atoms with Crippen LogP contribution in [-0.4, -0.2) is 80.4 Å². The first-order valence-electron chi connectivity index (χ1n) is 28.4. The van der Waals surface area contributed by atoms with Crippen LogP contribution in [0, 0.1) is 0 Å². The van der Waals surface area contributed by atoms with Crippen molar-refractivity contribution in [1.82, 2.24) is 0 Å². The lowest BCUT2D eigenvalue weighted by molar-refractivity contribution is -0.255. The average Bonchev–Trinajstić information content (AvgIpc) is 3.41. The average molecular weight is 1080 g/mol. The van der Waals surface area contributed by atoms with Gasteiger partial charge in [-0.2, -0.15) is 0 Å². The van der Waals surface area contributed by atoms with Crippen LogP contribution in [0.15, 0.2) is 114 Å². The van der Waals surface area contributed by atoms with Crippen molar-refractivity contribution in [3.05, 3.63) is 120 Å². The van der Waals surface area contributed by atoms with Gasteiger partial charge >= 0.3 is 0 Å². The van der Waals surface area contributed by atoms with Crippen molar-refractivity contribution in [2.24, 2.45) is 0 Å². The lowest BCUT2D eigenvalue weighted by Gasteiger charge is -2.27. The molecule has 0 saturated carbocycles. The van der Waals surface area contributed by atoms with Crippen LogP contribution in [0.5, 0.6) is 0 Å². The fourth-order valence-electron chi connectivity index (χ4n) is 9.53. The topological polar surface area (TPSA) is 137 Å². The van der Waals surface area contributed by atoms with E-state index in [1.165, 1.54) is 171 Å². The summed E-state index contributed by atoms with van der Waals surface area (Å²) in [4.78, 5) is 19.9. The Balaban J connectivity index is 0.000000488. The molecule has 410 valence electrons. The second-order valence-electron chi connectivity index (χ2n) is 19.9. The smallest absolute Gasteiger partial charge is 0.124 e. The lowest BCUT2D eigenvalue weighted by Crippen LogP contribution is -2.26. The third kappa shape index (κ3) is 25.6. The highest BCUT2D eigenvalue weighted by Gasteiger charge is 2.40. The molecular weight excluding hydrogens is 982 g/mol. The molecule has 0 unspecified atom stereocenters. The first-order valence-corrected chi connectivity index (χ1v) is 36.8. The first-order chi connectivity index (χ1) is 35.1. The summed E-state index contributed by atoms with van der Waals surface area (Å²) in [6.07, 6.45) is 38.1. The summed E-state index contributed by atoms with van der Waals surface area (Å²) < 4.78 is 31.8. The number of rotatable bonds is 33. The summed E-state index contributed by atoms with van der Waals surface area (Å²) in [5.41, 5.74) is -1.45. The van der Waals surface area contributed by atoms with Gasteiger partial charge in [-0.25, -0.2) is 8.42 Å². The van der Waals surface area contributed by atoms with Gasteiger partial charge in [-0.15, -0.1) is 0 Å². The van der Waals surface area contributed by atoms with Crippen LogP contribution >= 0.6 is 21.8 Å². The molecule has 0 aromatic heterocycles. The van der Waals surface area contributed by atoms with Crippen LogP contribution in [-0.2, 0) is 10.1 Å². The molecule has 11 heteroatoms. The maximum Gasteiger partial charge on any atom is 0.124 e. The van der Waals surface area contributed by atoms with Crippen molar-refractivity contribution in [1.29, 1.82) is 0 Å². The number of aromatic carboxylic acids is 2. The molecule has 7 nitrogen and oxygen atoms in total. The molecule has 4 rings (SSSR count). The molecule has 0 atom stereocenters. The Hall–Kier alpha value is -2.98. The van der Waals surface area contributed by atoms with Crippen LogP contribution in [0.4, 0.5) is 0 Å². The standard InChI is InChI=1S/3C18H32P.C8H6O7S/c3*1-4-7-15-19(16-8-5-2,17-9-6-3)18-13-11-10-12-14-18;9-7(10)4-1-5(8(11)12)3-6(2-4)16(13,14)15/h3*10-14H,4-9,15-17H2,1-3H3;1-3H,(H,9,10)(H,11,12)(H,13,14,15)/q3*+1;/p-3. The first kappa shape index (κ1) is 68.0. The Labute approximate surface area is 448 Å². The van der Waals surface area contributed by atoms with Gasteiger partial charge in [-0.05, 0) is 124 Å². The van der Waals surface area contributed by atoms with Crippen LogP contribution in [0.2, 0.25) is 0 Å². The minimum absolute atomic E-state index is 0.518. The minimum Gasteiger partial charge on any atom is -0.744 e. The molecule has 73 heavy (non-hydrogen) atoms. The molecule has 0 aliphatic rings. The van der Waals surface area contributed by atoms with Crippen molar-refractivity contribution < 1.29 is 32.8 Å². The van der Waals surface area contributed by atoms with Gasteiger partial charge in [0, 0.05) is 21.8 Å². The molecule has 0 amide bonds. The van der Waals surface area contributed by atoms with E-state index in [0.717, 1.165) is 0 Å². The maximum absolute atomic E-state index is 10.6. The Morgan fingerprint density at radius 2 is 0.548 bits per heavy atom. The number of carbonyl (C=O) groups is 2. The van der Waals surface area contributed by atoms with E-state index < -0.39 is 59.9 Å². The highest BCUT2D eigenvalue weighted by Crippen LogP contribution is 2.61. The molecule has 0 bridgehead atoms. The summed E-state index contributed by atoms with van der Waals surface area (Å²) in [7, 11) is -7.64. The zero-order valence-electron chi connectivity index (χ0n) is 47.1. The summed E-state index contributed by atoms with van der Waals surface area (Å²) in [5.74, 6) is -3.60. The largest absolute Gasteiger partial charge is 0.744 e. The van der Waals surface area contributed by atoms with Gasteiger partial charge in [-0.1, -0.05) is 175 Å². The molecule has 0 aliphatic carbocycles. The van der Waals surface area contributed by atoms with Gasteiger partial charge < -0.3 is 24.4 Å². The van der Waals surface area contributed by atoms with Gasteiger partial charge in [0.1, 0.15) is 10.1 Å². The van der Waals surface area contributed by atoms with Crippen molar-refractivity contribution in [3.63, 3.8) is 0 Å². The molecule has 0 saturated heterocycles. The molecule has 0 radical (unpaired) electrons. The van der Waals surface area contributed by atoms with E-state index in [9.17, 15) is 32.8 Å². The van der Waals surface area contributed by atoms with Crippen molar-refractivity contribution >= 4 is 59.8 Å². The highest BCUT2D eigenvalue weighted by atomic mass is 32.2. The van der Waals surface area contributed by atoms with Crippen molar-refractivity contribution in [2.45, 2.75) is 183 Å². The molecular formula is C62H99O7P3S. The minimum atomic E-state index is -4.95. The second kappa shape index (κ2) is 39.4. The predicted molar refractivity (Wildman–Crippen MR) is 320 cm³/mol. The number of unbranched alkanes of at least 4 members (excludes halogenated alkanes) is 9. The van der Waals surface area contributed by atoms with Crippen LogP contribution in [0.3, 0.4) is 0 Å². The van der Waals surface area contributed by atoms with E-state index >= 15 is 0 Å². The van der Waals surface area contributed by atoms with E-state index in [4.69, 9.17) is 0 Å². The zero-order valence-corrected chi connectivity index (χ0v) is 50.6. The van der Waals surface area contributed by atoms with Gasteiger partial charge in [0.25, 0.3) is 0 Å². The molecule has 4 aromatic rings. The number of carboxylic acid groups (broad SMARTS) is 2. The summed E-state index contributed by atoms with van der Waals surface area (Å²) in [6.45, 7) is 21.0. The van der Waals surface area contributed by atoms with E-state index in [2.05, 4.69) is 153 Å². The Morgan fingerprint density at radius 1 is 0.356 bits per heavy atom. The quantitative estimate of drug-likeness (QED) is 0.0342. The SMILES string of the molecule is CCCC[P+](CCCC)(CCCC)c1ccccc1.CCCC[P+](CCCC)(CCCC)c1ccccc1.CCCC[P+](CCCC)(CCCC)c1ccccc1.O=C([O-])c1cc(C(=O)[O-])cc(S(=O)(=O)[O-])c1. The molecule has 0 N–H and O–H groups in total. The Morgan fingerprint density at radius 3 is 0.699 bits per heavy atom. The third-order valence-corrected chi connectivity index (χ3v) is 29.6. The number of carboxylic acids is 2. The molecule has 0 spiro atoms. The number of carbonyl (C=O) groups excluding carboxylic acids is 2. The van der Waals surface area contributed by atoms with Gasteiger partial charge in [0.05, 0.1) is 88.2 Å². The number of hydrogen-bond acceptors (Lipinski definition) is 7. The molecule has 0 fully saturated rings.